The van der Waals surface area contributed by atoms with E-state index in [0.717, 1.165) is 19.3 Å². The molecule has 0 aromatic rings. The van der Waals surface area contributed by atoms with E-state index in [9.17, 15) is 18.0 Å². The smallest absolute Gasteiger partial charge is 0.308 e. The molecule has 0 aliphatic heterocycles. The molecule has 1 unspecified atom stereocenters. The first-order valence-electron chi connectivity index (χ1n) is 8.65. The van der Waals surface area contributed by atoms with Crippen LogP contribution in [0.3, 0.4) is 0 Å². The van der Waals surface area contributed by atoms with Gasteiger partial charge in [-0.05, 0) is 6.42 Å². The van der Waals surface area contributed by atoms with Gasteiger partial charge in [0.25, 0.3) is 0 Å². The summed E-state index contributed by atoms with van der Waals surface area (Å²) in [6.07, 6.45) is 10.0. The van der Waals surface area contributed by atoms with Crippen molar-refractivity contribution in [2.24, 2.45) is 0 Å². The second-order valence-electron chi connectivity index (χ2n) is 5.96. The van der Waals surface area contributed by atoms with E-state index in [4.69, 9.17) is 9.66 Å². The second kappa shape index (κ2) is 13.2. The molecular weight excluding hydrogens is 336 g/mol. The maximum absolute atomic E-state index is 11.5. The van der Waals surface area contributed by atoms with E-state index in [1.165, 1.54) is 38.5 Å². The average molecular weight is 366 g/mol. The summed E-state index contributed by atoms with van der Waals surface area (Å²) in [5, 5.41) is 8.56. The Morgan fingerprint density at radius 2 is 1.38 bits per heavy atom. The summed E-state index contributed by atoms with van der Waals surface area (Å²) in [6.45, 7) is 2.19. The fourth-order valence-electron chi connectivity index (χ4n) is 2.31. The minimum atomic E-state index is -4.73. The molecule has 24 heavy (non-hydrogen) atoms. The predicted octanol–water partition coefficient (Wildman–Crippen LogP) is 3.53. The fourth-order valence-corrected chi connectivity index (χ4v) is 2.89. The van der Waals surface area contributed by atoms with Gasteiger partial charge < -0.3 is 9.84 Å². The van der Waals surface area contributed by atoms with Crippen molar-refractivity contribution in [1.82, 2.24) is 0 Å². The van der Waals surface area contributed by atoms with Crippen molar-refractivity contribution < 1.29 is 32.4 Å². The zero-order valence-corrected chi connectivity index (χ0v) is 15.2. The van der Waals surface area contributed by atoms with Crippen LogP contribution in [0.15, 0.2) is 0 Å². The summed E-state index contributed by atoms with van der Waals surface area (Å²) >= 11 is 0. The number of rotatable bonds is 15. The number of carbonyl (C=O) groups excluding carboxylic acids is 1. The molecule has 0 spiro atoms. The molecule has 0 fully saturated rings. The van der Waals surface area contributed by atoms with Crippen molar-refractivity contribution in [2.45, 2.75) is 89.4 Å². The molecule has 0 saturated heterocycles. The standard InChI is InChI=1S/C16H30O7S/c1-2-3-4-5-6-7-8-9-10-11-12-15(19)23-16(13-14(17)18)24(20,21)22/h16H,2-13H2,1H3,(H,17,18)(H,20,21,22). The van der Waals surface area contributed by atoms with E-state index in [2.05, 4.69) is 11.7 Å². The van der Waals surface area contributed by atoms with Crippen LogP contribution < -0.4 is 0 Å². The van der Waals surface area contributed by atoms with Gasteiger partial charge in [0.1, 0.15) is 0 Å². The van der Waals surface area contributed by atoms with Crippen LogP contribution >= 0.6 is 0 Å². The summed E-state index contributed by atoms with van der Waals surface area (Å²) in [6, 6.07) is 0. The maximum atomic E-state index is 11.5. The molecule has 0 amide bonds. The number of hydrogen-bond donors (Lipinski definition) is 2. The lowest BCUT2D eigenvalue weighted by molar-refractivity contribution is -0.149. The Labute approximate surface area is 144 Å². The van der Waals surface area contributed by atoms with Crippen LogP contribution in [0.5, 0.6) is 0 Å². The fraction of sp³-hybridized carbons (Fsp3) is 0.875. The van der Waals surface area contributed by atoms with Gasteiger partial charge in [-0.1, -0.05) is 64.7 Å². The molecule has 0 aliphatic carbocycles. The van der Waals surface area contributed by atoms with Gasteiger partial charge in [0.2, 0.25) is 5.44 Å². The lowest BCUT2D eigenvalue weighted by atomic mass is 10.1. The highest BCUT2D eigenvalue weighted by Gasteiger charge is 2.29. The topological polar surface area (TPSA) is 118 Å². The highest BCUT2D eigenvalue weighted by atomic mass is 32.2. The first kappa shape index (κ1) is 22.9. The van der Waals surface area contributed by atoms with Crippen LogP contribution in [0.25, 0.3) is 0 Å². The monoisotopic (exact) mass is 366 g/mol. The SMILES string of the molecule is CCCCCCCCCCCCC(=O)OC(CC(=O)O)S(=O)(=O)O. The van der Waals surface area contributed by atoms with Crippen molar-refractivity contribution >= 4 is 22.1 Å². The van der Waals surface area contributed by atoms with Gasteiger partial charge in [-0.2, -0.15) is 8.42 Å². The van der Waals surface area contributed by atoms with E-state index >= 15 is 0 Å². The van der Waals surface area contributed by atoms with Gasteiger partial charge in [-0.15, -0.1) is 0 Å². The molecule has 0 aliphatic rings. The molecule has 0 bridgehead atoms. The van der Waals surface area contributed by atoms with E-state index in [1.54, 1.807) is 0 Å². The normalized spacial score (nSPS) is 12.8. The summed E-state index contributed by atoms with van der Waals surface area (Å²) in [5.41, 5.74) is -2.04. The summed E-state index contributed by atoms with van der Waals surface area (Å²) in [7, 11) is -4.73. The number of carbonyl (C=O) groups is 2. The minimum absolute atomic E-state index is 0.0160. The molecule has 0 radical (unpaired) electrons. The Bertz CT molecular complexity index is 459. The Balaban J connectivity index is 3.76. The van der Waals surface area contributed by atoms with Crippen LogP contribution in [-0.4, -0.2) is 35.5 Å². The molecule has 142 valence electrons. The van der Waals surface area contributed by atoms with Gasteiger partial charge >= 0.3 is 22.1 Å². The summed E-state index contributed by atoms with van der Waals surface area (Å²) in [5.74, 6) is -2.28. The third-order valence-electron chi connectivity index (χ3n) is 3.67. The minimum Gasteiger partial charge on any atom is -0.481 e. The zero-order valence-electron chi connectivity index (χ0n) is 14.4. The number of esters is 1. The Morgan fingerprint density at radius 1 is 0.917 bits per heavy atom. The number of carboxylic acid groups (broad SMARTS) is 1. The molecule has 1 atom stereocenters. The maximum Gasteiger partial charge on any atom is 0.308 e. The van der Waals surface area contributed by atoms with E-state index in [0.29, 0.717) is 6.42 Å². The van der Waals surface area contributed by atoms with Crippen LogP contribution in [0.4, 0.5) is 0 Å². The molecule has 2 N–H and O–H groups in total. The lowest BCUT2D eigenvalue weighted by Gasteiger charge is -2.12. The first-order chi connectivity index (χ1) is 11.3. The molecule has 0 saturated carbocycles. The summed E-state index contributed by atoms with van der Waals surface area (Å²) < 4.78 is 35.3. The second-order valence-corrected chi connectivity index (χ2v) is 7.52. The largest absolute Gasteiger partial charge is 0.481 e. The zero-order chi connectivity index (χ0) is 18.4. The van der Waals surface area contributed by atoms with Gasteiger partial charge in [0, 0.05) is 6.42 Å². The number of unbranched alkanes of at least 4 members (excludes halogenated alkanes) is 9. The highest BCUT2D eigenvalue weighted by Crippen LogP contribution is 2.13. The van der Waals surface area contributed by atoms with Crippen LogP contribution in [0, 0.1) is 0 Å². The van der Waals surface area contributed by atoms with Gasteiger partial charge in [0.15, 0.2) is 0 Å². The van der Waals surface area contributed by atoms with Crippen molar-refractivity contribution in [3.8, 4) is 0 Å². The van der Waals surface area contributed by atoms with E-state index < -0.39 is 33.9 Å². The number of hydrogen-bond acceptors (Lipinski definition) is 5. The molecule has 8 heteroatoms. The van der Waals surface area contributed by atoms with Crippen molar-refractivity contribution in [3.63, 3.8) is 0 Å². The van der Waals surface area contributed by atoms with Crippen molar-refractivity contribution in [1.29, 1.82) is 0 Å². The summed E-state index contributed by atoms with van der Waals surface area (Å²) in [4.78, 5) is 22.0. The first-order valence-corrected chi connectivity index (χ1v) is 10.1. The number of aliphatic carboxylic acids is 1. The quantitative estimate of drug-likeness (QED) is 0.258. The van der Waals surface area contributed by atoms with E-state index in [-0.39, 0.29) is 6.42 Å². The lowest BCUT2D eigenvalue weighted by Crippen LogP contribution is -2.29. The molecule has 0 aromatic heterocycles. The third-order valence-corrected chi connectivity index (χ3v) is 4.60. The molecule has 0 rings (SSSR count). The van der Waals surface area contributed by atoms with Gasteiger partial charge in [-0.25, -0.2) is 0 Å². The predicted molar refractivity (Wildman–Crippen MR) is 90.1 cm³/mol. The van der Waals surface area contributed by atoms with Crippen LogP contribution in [-0.2, 0) is 24.4 Å². The van der Waals surface area contributed by atoms with Gasteiger partial charge in [-0.3, -0.25) is 14.1 Å². The van der Waals surface area contributed by atoms with Gasteiger partial charge in [0.05, 0.1) is 6.42 Å². The molecule has 0 heterocycles. The third kappa shape index (κ3) is 13.3. The number of ether oxygens (including phenoxy) is 1. The molecule has 0 aromatic carbocycles. The van der Waals surface area contributed by atoms with Crippen molar-refractivity contribution in [3.05, 3.63) is 0 Å². The van der Waals surface area contributed by atoms with E-state index in [1.807, 2.05) is 0 Å². The number of carboxylic acids is 1. The Kier molecular flexibility index (Phi) is 12.5. The van der Waals surface area contributed by atoms with Crippen molar-refractivity contribution in [2.75, 3.05) is 0 Å². The van der Waals surface area contributed by atoms with Crippen LogP contribution in [0.1, 0.15) is 84.0 Å². The highest BCUT2D eigenvalue weighted by molar-refractivity contribution is 7.86. The Hall–Kier alpha value is -1.15. The molecule has 7 nitrogen and oxygen atoms in total. The molecular formula is C16H30O7S. The Morgan fingerprint density at radius 3 is 1.79 bits per heavy atom. The average Bonchev–Trinajstić information content (AvgIpc) is 2.47. The van der Waals surface area contributed by atoms with Crippen LogP contribution in [0.2, 0.25) is 0 Å².